The second kappa shape index (κ2) is 9.59. The maximum atomic E-state index is 13.2. The fourth-order valence-electron chi connectivity index (χ4n) is 2.48. The van der Waals surface area contributed by atoms with Crippen molar-refractivity contribution in [2.75, 3.05) is 17.1 Å². The Morgan fingerprint density at radius 1 is 1.00 bits per heavy atom. The van der Waals surface area contributed by atoms with Gasteiger partial charge in [-0.1, -0.05) is 0 Å². The summed E-state index contributed by atoms with van der Waals surface area (Å²) in [5.74, 6) is -0.815. The van der Waals surface area contributed by atoms with Gasteiger partial charge in [-0.15, -0.1) is 0 Å². The third-order valence-electron chi connectivity index (χ3n) is 3.87. The molecule has 0 unspecified atom stereocenters. The maximum Gasteiger partial charge on any atom is 0.416 e. The Hall–Kier alpha value is -2.80. The predicted octanol–water partition coefficient (Wildman–Crippen LogP) is 5.40. The number of benzene rings is 2. The van der Waals surface area contributed by atoms with Crippen LogP contribution in [-0.4, -0.2) is 33.2 Å². The van der Waals surface area contributed by atoms with Crippen molar-refractivity contribution in [1.82, 2.24) is 0 Å². The van der Waals surface area contributed by atoms with Crippen LogP contribution in [0.2, 0.25) is 0 Å². The van der Waals surface area contributed by atoms with E-state index in [1.54, 1.807) is 20.8 Å². The van der Waals surface area contributed by atoms with Crippen molar-refractivity contribution < 1.29 is 40.7 Å². The van der Waals surface area contributed by atoms with Gasteiger partial charge in [0.25, 0.3) is 10.0 Å². The monoisotopic (exact) mass is 552 g/mol. The van der Waals surface area contributed by atoms with E-state index < -0.39 is 50.0 Å². The highest BCUT2D eigenvalue weighted by Gasteiger charge is 2.32. The molecular formula is C20H20BrF3N2O6S. The lowest BCUT2D eigenvalue weighted by Crippen LogP contribution is -2.27. The van der Waals surface area contributed by atoms with Gasteiger partial charge in [0.1, 0.15) is 10.5 Å². The highest BCUT2D eigenvalue weighted by atomic mass is 79.9. The van der Waals surface area contributed by atoms with Crippen molar-refractivity contribution in [3.05, 3.63) is 52.0 Å². The molecule has 2 rings (SSSR count). The Labute approximate surface area is 196 Å². The van der Waals surface area contributed by atoms with Crippen LogP contribution in [0.1, 0.15) is 36.7 Å². The van der Waals surface area contributed by atoms with E-state index in [0.717, 1.165) is 19.2 Å². The molecule has 0 saturated carbocycles. The van der Waals surface area contributed by atoms with Gasteiger partial charge in [0.05, 0.1) is 29.6 Å². The first-order chi connectivity index (χ1) is 15.0. The molecule has 0 aliphatic heterocycles. The van der Waals surface area contributed by atoms with E-state index in [1.807, 2.05) is 4.72 Å². The fourth-order valence-corrected chi connectivity index (χ4v) is 4.54. The van der Waals surface area contributed by atoms with Crippen molar-refractivity contribution in [3.63, 3.8) is 0 Å². The van der Waals surface area contributed by atoms with Crippen molar-refractivity contribution >= 4 is 49.4 Å². The van der Waals surface area contributed by atoms with E-state index >= 15 is 0 Å². The summed E-state index contributed by atoms with van der Waals surface area (Å²) in [6, 6.07) is 5.67. The molecule has 0 fully saturated rings. The minimum Gasteiger partial charge on any atom is -0.465 e. The number of hydrogen-bond donors (Lipinski definition) is 2. The zero-order valence-corrected chi connectivity index (χ0v) is 20.2. The summed E-state index contributed by atoms with van der Waals surface area (Å²) in [6.07, 6.45) is -5.78. The molecule has 2 aromatic carbocycles. The number of carbonyl (C=O) groups excluding carboxylic acids is 2. The van der Waals surface area contributed by atoms with Gasteiger partial charge >= 0.3 is 18.2 Å². The molecule has 0 aliphatic carbocycles. The number of nitrogens with one attached hydrogen (secondary N) is 2. The van der Waals surface area contributed by atoms with Crippen LogP contribution in [0.15, 0.2) is 45.8 Å². The molecule has 0 radical (unpaired) electrons. The van der Waals surface area contributed by atoms with Crippen LogP contribution in [0.25, 0.3) is 0 Å². The molecule has 0 spiro atoms. The number of alkyl halides is 3. The van der Waals surface area contributed by atoms with Gasteiger partial charge < -0.3 is 9.47 Å². The van der Waals surface area contributed by atoms with Gasteiger partial charge in [0.2, 0.25) is 0 Å². The number of rotatable bonds is 5. The molecule has 0 heterocycles. The number of ether oxygens (including phenoxy) is 2. The summed E-state index contributed by atoms with van der Waals surface area (Å²) in [6.45, 7) is 4.73. The number of amides is 1. The van der Waals surface area contributed by atoms with Crippen molar-refractivity contribution in [3.8, 4) is 0 Å². The van der Waals surface area contributed by atoms with E-state index in [-0.39, 0.29) is 15.7 Å². The average molecular weight is 553 g/mol. The highest BCUT2D eigenvalue weighted by molar-refractivity contribution is 9.10. The molecule has 2 aromatic rings. The lowest BCUT2D eigenvalue weighted by molar-refractivity contribution is -0.137. The number of hydrogen-bond acceptors (Lipinski definition) is 6. The van der Waals surface area contributed by atoms with Crippen molar-refractivity contribution in [1.29, 1.82) is 0 Å². The van der Waals surface area contributed by atoms with Gasteiger partial charge in [0, 0.05) is 4.47 Å². The largest absolute Gasteiger partial charge is 0.465 e. The smallest absolute Gasteiger partial charge is 0.416 e. The summed E-state index contributed by atoms with van der Waals surface area (Å²) in [7, 11) is -3.42. The third-order valence-corrected chi connectivity index (χ3v) is 6.23. The van der Waals surface area contributed by atoms with E-state index in [9.17, 15) is 31.2 Å². The predicted molar refractivity (Wildman–Crippen MR) is 118 cm³/mol. The Kier molecular flexibility index (Phi) is 7.69. The van der Waals surface area contributed by atoms with Gasteiger partial charge in [-0.3, -0.25) is 10.0 Å². The Balaban J connectivity index is 2.53. The van der Waals surface area contributed by atoms with Gasteiger partial charge in [0.15, 0.2) is 0 Å². The zero-order chi connectivity index (χ0) is 25.2. The van der Waals surface area contributed by atoms with Gasteiger partial charge in [-0.2, -0.15) is 13.2 Å². The Morgan fingerprint density at radius 2 is 1.64 bits per heavy atom. The van der Waals surface area contributed by atoms with Crippen molar-refractivity contribution in [2.45, 2.75) is 37.4 Å². The number of esters is 1. The lowest BCUT2D eigenvalue weighted by Gasteiger charge is -2.21. The standard InChI is InChI=1S/C20H20BrF3N2O6S/c1-19(2,3)32-18(28)25-14-8-6-12(20(22,23)24)10-15(14)26-33(29,30)16-9-11(17(27)31-4)5-7-13(16)21/h5-10,26H,1-4H3,(H,25,28). The Bertz CT molecular complexity index is 1180. The summed E-state index contributed by atoms with van der Waals surface area (Å²) in [4.78, 5) is 23.4. The highest BCUT2D eigenvalue weighted by Crippen LogP contribution is 2.36. The third kappa shape index (κ3) is 7.09. The quantitative estimate of drug-likeness (QED) is 0.480. The van der Waals surface area contributed by atoms with Crippen LogP contribution >= 0.6 is 15.9 Å². The molecule has 0 saturated heterocycles. The lowest BCUT2D eigenvalue weighted by atomic mass is 10.1. The summed E-state index contributed by atoms with van der Waals surface area (Å²) < 4.78 is 77.4. The number of halogens is 4. The molecule has 2 N–H and O–H groups in total. The molecule has 0 aliphatic rings. The molecule has 0 atom stereocenters. The fraction of sp³-hybridized carbons (Fsp3) is 0.300. The molecule has 0 aromatic heterocycles. The van der Waals surface area contributed by atoms with Crippen molar-refractivity contribution in [2.24, 2.45) is 0 Å². The van der Waals surface area contributed by atoms with E-state index in [1.165, 1.54) is 12.1 Å². The first-order valence-electron chi connectivity index (χ1n) is 9.15. The van der Waals surface area contributed by atoms with Crippen LogP contribution < -0.4 is 10.0 Å². The molecule has 33 heavy (non-hydrogen) atoms. The topological polar surface area (TPSA) is 111 Å². The second-order valence-corrected chi connectivity index (χ2v) is 10.1. The minimum absolute atomic E-state index is 0.0382. The normalized spacial score (nSPS) is 12.1. The second-order valence-electron chi connectivity index (χ2n) is 7.63. The first kappa shape index (κ1) is 26.5. The van der Waals surface area contributed by atoms with Crippen LogP contribution in [0, 0.1) is 0 Å². The number of sulfonamides is 1. The summed E-state index contributed by atoms with van der Waals surface area (Å²) in [5.41, 5.74) is -3.00. The van der Waals surface area contributed by atoms with E-state index in [0.29, 0.717) is 12.1 Å². The summed E-state index contributed by atoms with van der Waals surface area (Å²) in [5, 5.41) is 2.23. The van der Waals surface area contributed by atoms with Crippen LogP contribution in [-0.2, 0) is 25.7 Å². The van der Waals surface area contributed by atoms with Gasteiger partial charge in [-0.05, 0) is 73.1 Å². The molecule has 0 bridgehead atoms. The molecule has 8 nitrogen and oxygen atoms in total. The average Bonchev–Trinajstić information content (AvgIpc) is 2.66. The number of anilines is 2. The van der Waals surface area contributed by atoms with Gasteiger partial charge in [-0.25, -0.2) is 18.0 Å². The van der Waals surface area contributed by atoms with E-state index in [2.05, 4.69) is 26.0 Å². The number of methoxy groups -OCH3 is 1. The van der Waals surface area contributed by atoms with E-state index in [4.69, 9.17) is 4.74 Å². The molecular weight excluding hydrogens is 533 g/mol. The maximum absolute atomic E-state index is 13.2. The number of carbonyl (C=O) groups is 2. The SMILES string of the molecule is COC(=O)c1ccc(Br)c(S(=O)(=O)Nc2cc(C(F)(F)F)ccc2NC(=O)OC(C)(C)C)c1. The summed E-state index contributed by atoms with van der Waals surface area (Å²) >= 11 is 3.05. The first-order valence-corrected chi connectivity index (χ1v) is 11.4. The molecule has 180 valence electrons. The van der Waals surface area contributed by atoms with Crippen LogP contribution in [0.5, 0.6) is 0 Å². The zero-order valence-electron chi connectivity index (χ0n) is 17.8. The minimum atomic E-state index is -4.78. The molecule has 1 amide bonds. The molecule has 13 heteroatoms. The Morgan fingerprint density at radius 3 is 2.18 bits per heavy atom. The van der Waals surface area contributed by atoms with Crippen LogP contribution in [0.3, 0.4) is 0 Å². The van der Waals surface area contributed by atoms with Crippen LogP contribution in [0.4, 0.5) is 29.3 Å².